The Morgan fingerprint density at radius 1 is 1.32 bits per heavy atom. The molecule has 1 fully saturated rings. The Morgan fingerprint density at radius 2 is 2.16 bits per heavy atom. The van der Waals surface area contributed by atoms with Gasteiger partial charge >= 0.3 is 0 Å². The molecule has 1 aromatic carbocycles. The van der Waals surface area contributed by atoms with E-state index in [0.717, 1.165) is 29.4 Å². The maximum Gasteiger partial charge on any atom is 0.220 e. The number of aromatic nitrogens is 1. The highest BCUT2D eigenvalue weighted by Gasteiger charge is 2.22. The van der Waals surface area contributed by atoms with Crippen molar-refractivity contribution in [2.75, 3.05) is 0 Å². The fourth-order valence-corrected chi connectivity index (χ4v) is 2.24. The Kier molecular flexibility index (Phi) is 3.20. The molecule has 0 spiro atoms. The highest BCUT2D eigenvalue weighted by atomic mass is 16.1. The van der Waals surface area contributed by atoms with Gasteiger partial charge in [-0.3, -0.25) is 9.78 Å². The van der Waals surface area contributed by atoms with Crippen LogP contribution in [0, 0.1) is 6.92 Å². The van der Waals surface area contributed by atoms with Gasteiger partial charge in [0.1, 0.15) is 0 Å². The summed E-state index contributed by atoms with van der Waals surface area (Å²) in [6.45, 7) is 2.07. The lowest BCUT2D eigenvalue weighted by Gasteiger charge is -2.06. The third kappa shape index (κ3) is 2.92. The Balaban J connectivity index is 1.70. The van der Waals surface area contributed by atoms with Crippen LogP contribution in [0.5, 0.6) is 0 Å². The Bertz CT molecular complexity index is 617. The van der Waals surface area contributed by atoms with E-state index in [4.69, 9.17) is 0 Å². The number of pyridine rings is 1. The summed E-state index contributed by atoms with van der Waals surface area (Å²) in [7, 11) is 0. The first-order valence-electron chi connectivity index (χ1n) is 6.87. The lowest BCUT2D eigenvalue weighted by Crippen LogP contribution is -2.25. The van der Waals surface area contributed by atoms with Crippen LogP contribution in [0.4, 0.5) is 0 Å². The van der Waals surface area contributed by atoms with Gasteiger partial charge in [-0.1, -0.05) is 24.3 Å². The van der Waals surface area contributed by atoms with Gasteiger partial charge in [0, 0.05) is 23.5 Å². The van der Waals surface area contributed by atoms with Crippen LogP contribution in [0.15, 0.2) is 30.3 Å². The average molecular weight is 254 g/mol. The minimum absolute atomic E-state index is 0.147. The quantitative estimate of drug-likeness (QED) is 0.911. The van der Waals surface area contributed by atoms with Crippen LogP contribution in [0.3, 0.4) is 0 Å². The molecule has 3 rings (SSSR count). The number of carbonyl (C=O) groups excluding carboxylic acids is 1. The highest BCUT2D eigenvalue weighted by molar-refractivity contribution is 5.82. The number of nitrogens with zero attached hydrogens (tertiary/aromatic N) is 1. The molecular formula is C16H18N2O. The minimum atomic E-state index is 0.147. The molecule has 0 bridgehead atoms. The fourth-order valence-electron chi connectivity index (χ4n) is 2.24. The molecule has 1 heterocycles. The second kappa shape index (κ2) is 5.00. The van der Waals surface area contributed by atoms with Crippen LogP contribution >= 0.6 is 0 Å². The van der Waals surface area contributed by atoms with Gasteiger partial charge in [-0.15, -0.1) is 0 Å². The van der Waals surface area contributed by atoms with Crippen molar-refractivity contribution in [2.24, 2.45) is 0 Å². The van der Waals surface area contributed by atoms with Crippen molar-refractivity contribution in [3.8, 4) is 0 Å². The molecule has 19 heavy (non-hydrogen) atoms. The smallest absolute Gasteiger partial charge is 0.220 e. The lowest BCUT2D eigenvalue weighted by atomic mass is 10.1. The average Bonchev–Trinajstić information content (AvgIpc) is 3.21. The molecule has 1 saturated carbocycles. The van der Waals surface area contributed by atoms with Crippen molar-refractivity contribution in [2.45, 2.75) is 38.6 Å². The van der Waals surface area contributed by atoms with Crippen LogP contribution in [0.2, 0.25) is 0 Å². The molecule has 3 nitrogen and oxygen atoms in total. The van der Waals surface area contributed by atoms with Crippen molar-refractivity contribution in [3.05, 3.63) is 41.6 Å². The van der Waals surface area contributed by atoms with E-state index in [-0.39, 0.29) is 5.91 Å². The van der Waals surface area contributed by atoms with E-state index in [9.17, 15) is 4.79 Å². The van der Waals surface area contributed by atoms with Crippen molar-refractivity contribution in [1.82, 2.24) is 10.3 Å². The van der Waals surface area contributed by atoms with E-state index < -0.39 is 0 Å². The summed E-state index contributed by atoms with van der Waals surface area (Å²) in [5.41, 5.74) is 3.22. The van der Waals surface area contributed by atoms with Gasteiger partial charge in [0.15, 0.2) is 0 Å². The number of nitrogens with one attached hydrogen (secondary N) is 1. The Labute approximate surface area is 113 Å². The first-order chi connectivity index (χ1) is 9.22. The summed E-state index contributed by atoms with van der Waals surface area (Å²) < 4.78 is 0. The SMILES string of the molecule is Cc1cccc2ccc(CCC(=O)NC3CC3)nc12. The van der Waals surface area contributed by atoms with E-state index in [1.54, 1.807) is 0 Å². The number of amides is 1. The van der Waals surface area contributed by atoms with Gasteiger partial charge in [0.25, 0.3) is 0 Å². The molecule has 1 aliphatic rings. The number of rotatable bonds is 4. The monoisotopic (exact) mass is 254 g/mol. The zero-order valence-corrected chi connectivity index (χ0v) is 11.1. The van der Waals surface area contributed by atoms with Crippen LogP contribution in [0.25, 0.3) is 10.9 Å². The molecule has 1 amide bonds. The number of benzene rings is 1. The number of carbonyl (C=O) groups is 1. The lowest BCUT2D eigenvalue weighted by molar-refractivity contribution is -0.121. The van der Waals surface area contributed by atoms with Crippen molar-refractivity contribution in [3.63, 3.8) is 0 Å². The van der Waals surface area contributed by atoms with E-state index in [2.05, 4.69) is 35.4 Å². The topological polar surface area (TPSA) is 42.0 Å². The van der Waals surface area contributed by atoms with Gasteiger partial charge in [-0.05, 0) is 37.8 Å². The van der Waals surface area contributed by atoms with E-state index in [0.29, 0.717) is 18.9 Å². The summed E-state index contributed by atoms with van der Waals surface area (Å²) in [4.78, 5) is 16.3. The zero-order chi connectivity index (χ0) is 13.2. The molecule has 3 heteroatoms. The number of aryl methyl sites for hydroxylation is 2. The van der Waals surface area contributed by atoms with Crippen LogP contribution in [0.1, 0.15) is 30.5 Å². The molecule has 0 atom stereocenters. The van der Waals surface area contributed by atoms with Crippen molar-refractivity contribution in [1.29, 1.82) is 0 Å². The molecule has 0 unspecified atom stereocenters. The molecule has 2 aromatic rings. The minimum Gasteiger partial charge on any atom is -0.353 e. The molecular weight excluding hydrogens is 236 g/mol. The van der Waals surface area contributed by atoms with Gasteiger partial charge in [0.05, 0.1) is 5.52 Å². The van der Waals surface area contributed by atoms with Crippen molar-refractivity contribution >= 4 is 16.8 Å². The second-order valence-corrected chi connectivity index (χ2v) is 5.29. The van der Waals surface area contributed by atoms with Gasteiger partial charge in [-0.2, -0.15) is 0 Å². The highest BCUT2D eigenvalue weighted by Crippen LogP contribution is 2.19. The second-order valence-electron chi connectivity index (χ2n) is 5.29. The van der Waals surface area contributed by atoms with Crippen molar-refractivity contribution < 1.29 is 4.79 Å². The number of hydrogen-bond donors (Lipinski definition) is 1. The molecule has 0 saturated heterocycles. The first-order valence-corrected chi connectivity index (χ1v) is 6.87. The number of para-hydroxylation sites is 1. The van der Waals surface area contributed by atoms with Crippen LogP contribution < -0.4 is 5.32 Å². The fraction of sp³-hybridized carbons (Fsp3) is 0.375. The maximum atomic E-state index is 11.7. The third-order valence-electron chi connectivity index (χ3n) is 3.53. The van der Waals surface area contributed by atoms with E-state index in [1.807, 2.05) is 12.1 Å². The standard InChI is InChI=1S/C16H18N2O/c1-11-3-2-4-12-5-6-14(18-16(11)12)9-10-15(19)17-13-7-8-13/h2-6,13H,7-10H2,1H3,(H,17,19). The summed E-state index contributed by atoms with van der Waals surface area (Å²) in [5, 5.41) is 4.16. The predicted octanol–water partition coefficient (Wildman–Crippen LogP) is 2.75. The van der Waals surface area contributed by atoms with Gasteiger partial charge in [-0.25, -0.2) is 0 Å². The number of fused-ring (bicyclic) bond motifs is 1. The summed E-state index contributed by atoms with van der Waals surface area (Å²) in [6, 6.07) is 10.7. The van der Waals surface area contributed by atoms with Crippen LogP contribution in [-0.2, 0) is 11.2 Å². The van der Waals surface area contributed by atoms with Gasteiger partial charge < -0.3 is 5.32 Å². The first kappa shape index (κ1) is 12.2. The molecule has 1 aromatic heterocycles. The van der Waals surface area contributed by atoms with E-state index in [1.165, 1.54) is 5.56 Å². The van der Waals surface area contributed by atoms with E-state index >= 15 is 0 Å². The summed E-state index contributed by atoms with van der Waals surface area (Å²) in [5.74, 6) is 0.147. The van der Waals surface area contributed by atoms with Gasteiger partial charge in [0.2, 0.25) is 5.91 Å². The number of hydrogen-bond acceptors (Lipinski definition) is 2. The normalized spacial score (nSPS) is 14.6. The Morgan fingerprint density at radius 3 is 2.95 bits per heavy atom. The largest absolute Gasteiger partial charge is 0.353 e. The maximum absolute atomic E-state index is 11.7. The molecule has 0 radical (unpaired) electrons. The third-order valence-corrected chi connectivity index (χ3v) is 3.53. The Hall–Kier alpha value is -1.90. The molecule has 98 valence electrons. The van der Waals surface area contributed by atoms with Crippen LogP contribution in [-0.4, -0.2) is 16.9 Å². The summed E-state index contributed by atoms with van der Waals surface area (Å²) in [6.07, 6.45) is 3.52. The molecule has 1 aliphatic carbocycles. The molecule has 0 aliphatic heterocycles. The summed E-state index contributed by atoms with van der Waals surface area (Å²) >= 11 is 0. The predicted molar refractivity (Wildman–Crippen MR) is 76.0 cm³/mol. The zero-order valence-electron chi connectivity index (χ0n) is 11.1. The molecule has 1 N–H and O–H groups in total.